The van der Waals surface area contributed by atoms with Gasteiger partial charge in [0.05, 0.1) is 11.9 Å². The Morgan fingerprint density at radius 3 is 2.67 bits per heavy atom. The molecular weight excluding hydrogens is 386 g/mol. The predicted molar refractivity (Wildman–Crippen MR) is 109 cm³/mol. The van der Waals surface area contributed by atoms with Crippen LogP contribution in [0.25, 0.3) is 5.82 Å². The zero-order valence-electron chi connectivity index (χ0n) is 16.9. The second-order valence-electron chi connectivity index (χ2n) is 7.00. The van der Waals surface area contributed by atoms with Gasteiger partial charge >= 0.3 is 12.1 Å². The number of anilines is 1. The van der Waals surface area contributed by atoms with Crippen LogP contribution < -0.4 is 10.1 Å². The van der Waals surface area contributed by atoms with E-state index in [9.17, 15) is 9.59 Å². The number of aryl methyl sites for hydroxylation is 2. The summed E-state index contributed by atoms with van der Waals surface area (Å²) in [5.41, 5.74) is 1.67. The minimum atomic E-state index is -0.501. The Kier molecular flexibility index (Phi) is 5.05. The van der Waals surface area contributed by atoms with Gasteiger partial charge in [-0.2, -0.15) is 0 Å². The lowest BCUT2D eigenvalue weighted by atomic mass is 10.2. The number of ether oxygens (including phenoxy) is 1. The molecule has 0 unspecified atom stereocenters. The highest BCUT2D eigenvalue weighted by atomic mass is 16.5. The lowest BCUT2D eigenvalue weighted by molar-refractivity contribution is 0.195. The highest BCUT2D eigenvalue weighted by Gasteiger charge is 2.30. The number of amides is 4. The maximum atomic E-state index is 12.3. The number of nitrogens with one attached hydrogen (secondary N) is 1. The Morgan fingerprint density at radius 2 is 2.00 bits per heavy atom. The van der Waals surface area contributed by atoms with Crippen molar-refractivity contribution in [2.24, 2.45) is 0 Å². The minimum Gasteiger partial charge on any atom is -0.455 e. The van der Waals surface area contributed by atoms with Gasteiger partial charge in [-0.05, 0) is 31.5 Å². The van der Waals surface area contributed by atoms with E-state index in [4.69, 9.17) is 4.74 Å². The Hall–Kier alpha value is -3.95. The Balaban J connectivity index is 1.46. The molecule has 4 heterocycles. The van der Waals surface area contributed by atoms with E-state index >= 15 is 0 Å². The molecule has 4 rings (SSSR count). The molecule has 154 valence electrons. The summed E-state index contributed by atoms with van der Waals surface area (Å²) in [6, 6.07) is 4.41. The summed E-state index contributed by atoms with van der Waals surface area (Å²) >= 11 is 0. The number of carbonyl (C=O) groups is 2. The molecule has 1 N–H and O–H groups in total. The first kappa shape index (κ1) is 19.4. The highest BCUT2D eigenvalue weighted by Crippen LogP contribution is 2.26. The minimum absolute atomic E-state index is 0.328. The lowest BCUT2D eigenvalue weighted by Crippen LogP contribution is -2.38. The molecule has 3 aromatic heterocycles. The number of rotatable bonds is 4. The normalized spacial score (nSPS) is 13.6. The fraction of sp³-hybridized carbons (Fsp3) is 0.250. The SMILES string of the molecule is Cc1cn(-c2cc(Oc3cnc(NC(=O)N4CCN(C)C4=O)cc3C)ccn2)cn1. The molecule has 0 radical (unpaired) electrons. The van der Waals surface area contributed by atoms with E-state index in [1.807, 2.05) is 24.6 Å². The van der Waals surface area contributed by atoms with Crippen LogP contribution in [0, 0.1) is 13.8 Å². The second-order valence-corrected chi connectivity index (χ2v) is 7.00. The summed E-state index contributed by atoms with van der Waals surface area (Å²) in [6.07, 6.45) is 6.75. The van der Waals surface area contributed by atoms with Gasteiger partial charge in [0.1, 0.15) is 29.5 Å². The van der Waals surface area contributed by atoms with Gasteiger partial charge < -0.3 is 9.64 Å². The lowest BCUT2D eigenvalue weighted by Gasteiger charge is -2.15. The molecule has 0 spiro atoms. The van der Waals surface area contributed by atoms with Crippen molar-refractivity contribution < 1.29 is 14.3 Å². The number of hydrogen-bond donors (Lipinski definition) is 1. The standard InChI is InChI=1S/C20H21N7O3/c1-13-8-17(24-19(28)27-7-6-25(3)20(27)29)22-10-16(13)30-15-4-5-21-18(9-15)26-11-14(2)23-12-26/h4-5,8-12H,6-7H2,1-3H3,(H,22,24,28). The molecular formula is C20H21N7O3. The van der Waals surface area contributed by atoms with Gasteiger partial charge in [0, 0.05) is 38.6 Å². The first-order chi connectivity index (χ1) is 14.4. The molecule has 0 aromatic carbocycles. The average molecular weight is 407 g/mol. The van der Waals surface area contributed by atoms with Gasteiger partial charge in [0.15, 0.2) is 0 Å². The number of hydrogen-bond acceptors (Lipinski definition) is 6. The summed E-state index contributed by atoms with van der Waals surface area (Å²) < 4.78 is 7.76. The summed E-state index contributed by atoms with van der Waals surface area (Å²) in [5, 5.41) is 2.65. The van der Waals surface area contributed by atoms with E-state index in [1.54, 1.807) is 37.8 Å². The van der Waals surface area contributed by atoms with Crippen LogP contribution in [0.4, 0.5) is 15.4 Å². The molecule has 1 saturated heterocycles. The van der Waals surface area contributed by atoms with Crippen LogP contribution in [0.5, 0.6) is 11.5 Å². The maximum absolute atomic E-state index is 12.3. The number of pyridine rings is 2. The molecule has 0 aliphatic carbocycles. The average Bonchev–Trinajstić information content (AvgIpc) is 3.30. The largest absolute Gasteiger partial charge is 0.455 e. The number of carbonyl (C=O) groups excluding carboxylic acids is 2. The fourth-order valence-electron chi connectivity index (χ4n) is 3.01. The highest BCUT2D eigenvalue weighted by molar-refractivity contribution is 6.01. The van der Waals surface area contributed by atoms with Crippen molar-refractivity contribution in [2.75, 3.05) is 25.5 Å². The molecule has 10 heteroatoms. The van der Waals surface area contributed by atoms with E-state index < -0.39 is 6.03 Å². The molecule has 10 nitrogen and oxygen atoms in total. The second kappa shape index (κ2) is 7.82. The summed E-state index contributed by atoms with van der Waals surface area (Å²) in [7, 11) is 1.66. The van der Waals surface area contributed by atoms with Crippen LogP contribution in [0.15, 0.2) is 43.1 Å². The Labute approximate surface area is 173 Å². The summed E-state index contributed by atoms with van der Waals surface area (Å²) in [6.45, 7) is 4.62. The summed E-state index contributed by atoms with van der Waals surface area (Å²) in [5.74, 6) is 2.17. The number of nitrogens with zero attached hydrogens (tertiary/aromatic N) is 6. The molecule has 3 aromatic rings. The van der Waals surface area contributed by atoms with Crippen LogP contribution in [0.3, 0.4) is 0 Å². The summed E-state index contributed by atoms with van der Waals surface area (Å²) in [4.78, 5) is 39.7. The number of aromatic nitrogens is 4. The molecule has 0 bridgehead atoms. The first-order valence-electron chi connectivity index (χ1n) is 9.36. The van der Waals surface area contributed by atoms with Gasteiger partial charge in [-0.3, -0.25) is 9.88 Å². The first-order valence-corrected chi connectivity index (χ1v) is 9.36. The Morgan fingerprint density at radius 1 is 1.17 bits per heavy atom. The third-order valence-electron chi connectivity index (χ3n) is 4.68. The van der Waals surface area contributed by atoms with Crippen molar-refractivity contribution >= 4 is 17.9 Å². The number of urea groups is 2. The Bertz CT molecular complexity index is 1110. The third-order valence-corrected chi connectivity index (χ3v) is 4.68. The van der Waals surface area contributed by atoms with Crippen LogP contribution in [-0.4, -0.2) is 61.5 Å². The molecule has 1 fully saturated rings. The van der Waals surface area contributed by atoms with Crippen LogP contribution >= 0.6 is 0 Å². The zero-order chi connectivity index (χ0) is 21.3. The van der Waals surface area contributed by atoms with Crippen molar-refractivity contribution in [1.82, 2.24) is 29.3 Å². The molecule has 0 atom stereocenters. The number of likely N-dealkylation sites (N-methyl/N-ethyl adjacent to an activating group) is 1. The topological polar surface area (TPSA) is 105 Å². The fourth-order valence-corrected chi connectivity index (χ4v) is 3.01. The van der Waals surface area contributed by atoms with E-state index in [-0.39, 0.29) is 6.03 Å². The van der Waals surface area contributed by atoms with Gasteiger partial charge in [-0.1, -0.05) is 0 Å². The number of imidazole rings is 1. The third kappa shape index (κ3) is 3.93. The van der Waals surface area contributed by atoms with E-state index in [0.29, 0.717) is 36.2 Å². The van der Waals surface area contributed by atoms with Crippen molar-refractivity contribution in [3.8, 4) is 17.3 Å². The van der Waals surface area contributed by atoms with Gasteiger partial charge in [-0.25, -0.2) is 29.4 Å². The molecule has 1 aliphatic heterocycles. The van der Waals surface area contributed by atoms with Crippen molar-refractivity contribution in [3.63, 3.8) is 0 Å². The zero-order valence-corrected chi connectivity index (χ0v) is 16.9. The van der Waals surface area contributed by atoms with Crippen molar-refractivity contribution in [3.05, 3.63) is 54.4 Å². The van der Waals surface area contributed by atoms with E-state index in [2.05, 4.69) is 20.3 Å². The predicted octanol–water partition coefficient (Wildman–Crippen LogP) is 2.97. The van der Waals surface area contributed by atoms with Crippen LogP contribution in [-0.2, 0) is 0 Å². The van der Waals surface area contributed by atoms with E-state index in [1.165, 1.54) is 11.1 Å². The van der Waals surface area contributed by atoms with Crippen LogP contribution in [0.2, 0.25) is 0 Å². The molecule has 0 saturated carbocycles. The van der Waals surface area contributed by atoms with Gasteiger partial charge in [0.2, 0.25) is 0 Å². The van der Waals surface area contributed by atoms with Crippen molar-refractivity contribution in [2.45, 2.75) is 13.8 Å². The maximum Gasteiger partial charge on any atom is 0.331 e. The van der Waals surface area contributed by atoms with E-state index in [0.717, 1.165) is 16.2 Å². The number of imide groups is 1. The monoisotopic (exact) mass is 407 g/mol. The van der Waals surface area contributed by atoms with Gasteiger partial charge in [0.25, 0.3) is 0 Å². The molecule has 30 heavy (non-hydrogen) atoms. The van der Waals surface area contributed by atoms with Crippen molar-refractivity contribution in [1.29, 1.82) is 0 Å². The molecule has 4 amide bonds. The quantitative estimate of drug-likeness (QED) is 0.713. The molecule has 1 aliphatic rings. The van der Waals surface area contributed by atoms with Gasteiger partial charge in [-0.15, -0.1) is 0 Å². The van der Waals surface area contributed by atoms with Crippen LogP contribution in [0.1, 0.15) is 11.3 Å². The smallest absolute Gasteiger partial charge is 0.331 e.